The zero-order valence-electron chi connectivity index (χ0n) is 18.5. The predicted octanol–water partition coefficient (Wildman–Crippen LogP) is 1.61. The second-order valence-electron chi connectivity index (χ2n) is 8.50. The van der Waals surface area contributed by atoms with Crippen LogP contribution in [-0.2, 0) is 19.6 Å². The molecule has 9 heteroatoms. The quantitative estimate of drug-likeness (QED) is 0.634. The van der Waals surface area contributed by atoms with Crippen molar-refractivity contribution in [1.29, 1.82) is 0 Å². The number of piperazine rings is 1. The Labute approximate surface area is 195 Å². The van der Waals surface area contributed by atoms with E-state index in [1.54, 1.807) is 18.2 Å². The summed E-state index contributed by atoms with van der Waals surface area (Å²) < 4.78 is 33.9. The van der Waals surface area contributed by atoms with E-state index in [1.807, 2.05) is 23.1 Å². The van der Waals surface area contributed by atoms with E-state index in [1.165, 1.54) is 12.1 Å². The molecule has 2 aliphatic rings. The maximum atomic E-state index is 12.9. The number of nitrogens with zero attached hydrogens (tertiary/aromatic N) is 2. The third-order valence-electron chi connectivity index (χ3n) is 6.31. The lowest BCUT2D eigenvalue weighted by molar-refractivity contribution is -0.140. The van der Waals surface area contributed by atoms with Crippen LogP contribution >= 0.6 is 0 Å². The number of hydrogen-bond acceptors (Lipinski definition) is 6. The van der Waals surface area contributed by atoms with Crippen LogP contribution in [-0.4, -0.2) is 75.4 Å². The summed E-state index contributed by atoms with van der Waals surface area (Å²) in [5, 5.41) is 9.81. The van der Waals surface area contributed by atoms with Gasteiger partial charge >= 0.3 is 0 Å². The molecule has 4 rings (SSSR count). The van der Waals surface area contributed by atoms with Crippen molar-refractivity contribution >= 4 is 21.6 Å². The fraction of sp³-hybridized carbons (Fsp3) is 0.458. The number of para-hydroxylation sites is 1. The Kier molecular flexibility index (Phi) is 7.64. The Hall–Kier alpha value is -2.46. The van der Waals surface area contributed by atoms with E-state index in [-0.39, 0.29) is 29.9 Å². The van der Waals surface area contributed by atoms with E-state index in [4.69, 9.17) is 4.74 Å². The van der Waals surface area contributed by atoms with Crippen LogP contribution in [0.5, 0.6) is 0 Å². The second kappa shape index (κ2) is 10.6. The molecule has 2 aliphatic heterocycles. The molecule has 3 atom stereocenters. The first kappa shape index (κ1) is 23.7. The summed E-state index contributed by atoms with van der Waals surface area (Å²) in [6.45, 7) is 2.56. The number of benzene rings is 2. The Balaban J connectivity index is 1.28. The van der Waals surface area contributed by atoms with Gasteiger partial charge in [-0.2, -0.15) is 0 Å². The van der Waals surface area contributed by atoms with Gasteiger partial charge in [0, 0.05) is 31.9 Å². The minimum Gasteiger partial charge on any atom is -0.394 e. The third kappa shape index (κ3) is 5.92. The van der Waals surface area contributed by atoms with Crippen LogP contribution in [0.3, 0.4) is 0 Å². The highest BCUT2D eigenvalue weighted by atomic mass is 32.2. The Morgan fingerprint density at radius 3 is 2.24 bits per heavy atom. The van der Waals surface area contributed by atoms with E-state index < -0.39 is 22.2 Å². The molecule has 0 unspecified atom stereocenters. The molecule has 8 nitrogen and oxygen atoms in total. The van der Waals surface area contributed by atoms with Crippen molar-refractivity contribution in [2.75, 3.05) is 37.7 Å². The number of rotatable bonds is 7. The highest BCUT2D eigenvalue weighted by Crippen LogP contribution is 2.25. The first-order valence-corrected chi connectivity index (χ1v) is 12.9. The van der Waals surface area contributed by atoms with Crippen molar-refractivity contribution in [2.45, 2.75) is 42.4 Å². The van der Waals surface area contributed by atoms with Crippen LogP contribution in [0.2, 0.25) is 0 Å². The van der Waals surface area contributed by atoms with Crippen LogP contribution < -0.4 is 9.62 Å². The number of amides is 1. The van der Waals surface area contributed by atoms with E-state index in [0.717, 1.165) is 18.8 Å². The molecule has 2 N–H and O–H groups in total. The largest absolute Gasteiger partial charge is 0.394 e. The number of aliphatic hydroxyl groups is 1. The molecule has 2 fully saturated rings. The molecule has 1 amide bonds. The van der Waals surface area contributed by atoms with Gasteiger partial charge < -0.3 is 19.6 Å². The molecule has 0 saturated carbocycles. The minimum atomic E-state index is -3.71. The summed E-state index contributed by atoms with van der Waals surface area (Å²) >= 11 is 0. The number of sulfonamides is 1. The van der Waals surface area contributed by atoms with Crippen molar-refractivity contribution in [3.05, 3.63) is 60.7 Å². The predicted molar refractivity (Wildman–Crippen MR) is 125 cm³/mol. The van der Waals surface area contributed by atoms with E-state index in [9.17, 15) is 18.3 Å². The fourth-order valence-electron chi connectivity index (χ4n) is 4.46. The first-order valence-electron chi connectivity index (χ1n) is 11.4. The minimum absolute atomic E-state index is 0.0349. The standard InChI is InChI=1S/C24H31N3O5S/c28-18-23-22(25-33(30,31)21-9-5-2-6-10-21)12-11-20(32-23)17-24(29)27-15-13-26(14-16-27)19-7-3-1-4-8-19/h1-10,20,22-23,25,28H,11-18H2/t20-,22-,23+/m1/s1. The SMILES string of the molecule is O=C(C[C@H]1CC[C@@H](NS(=O)(=O)c2ccccc2)[C@H](CO)O1)N1CCN(c2ccccc2)CC1. The van der Waals surface area contributed by atoms with Gasteiger partial charge in [-0.25, -0.2) is 13.1 Å². The number of carbonyl (C=O) groups excluding carboxylic acids is 1. The van der Waals surface area contributed by atoms with Gasteiger partial charge in [-0.15, -0.1) is 0 Å². The topological polar surface area (TPSA) is 99.2 Å². The molecule has 0 aromatic heterocycles. The lowest BCUT2D eigenvalue weighted by Gasteiger charge is -2.38. The summed E-state index contributed by atoms with van der Waals surface area (Å²) in [7, 11) is -3.71. The number of hydrogen-bond donors (Lipinski definition) is 2. The molecule has 33 heavy (non-hydrogen) atoms. The lowest BCUT2D eigenvalue weighted by Crippen LogP contribution is -2.52. The van der Waals surface area contributed by atoms with Crippen molar-refractivity contribution in [2.24, 2.45) is 0 Å². The summed E-state index contributed by atoms with van der Waals surface area (Å²) in [4.78, 5) is 17.2. The number of ether oxygens (including phenoxy) is 1. The van der Waals surface area contributed by atoms with Gasteiger partial charge in [-0.3, -0.25) is 4.79 Å². The van der Waals surface area contributed by atoms with Crippen molar-refractivity contribution in [3.63, 3.8) is 0 Å². The van der Waals surface area contributed by atoms with Gasteiger partial charge in [-0.1, -0.05) is 36.4 Å². The molecular weight excluding hydrogens is 442 g/mol. The maximum Gasteiger partial charge on any atom is 0.240 e. The number of aliphatic hydroxyl groups excluding tert-OH is 1. The van der Waals surface area contributed by atoms with Crippen LogP contribution in [0.4, 0.5) is 5.69 Å². The molecule has 0 aliphatic carbocycles. The van der Waals surface area contributed by atoms with Gasteiger partial charge in [0.1, 0.15) is 0 Å². The van der Waals surface area contributed by atoms with Gasteiger partial charge in [0.05, 0.1) is 36.2 Å². The molecule has 2 heterocycles. The number of anilines is 1. The van der Waals surface area contributed by atoms with E-state index in [2.05, 4.69) is 21.8 Å². The number of nitrogens with one attached hydrogen (secondary N) is 1. The summed E-state index contributed by atoms with van der Waals surface area (Å²) in [6.07, 6.45) is 0.259. The third-order valence-corrected chi connectivity index (χ3v) is 7.82. The molecule has 178 valence electrons. The van der Waals surface area contributed by atoms with Crippen molar-refractivity contribution < 1.29 is 23.1 Å². The molecule has 0 radical (unpaired) electrons. The fourth-order valence-corrected chi connectivity index (χ4v) is 5.78. The number of carbonyl (C=O) groups is 1. The monoisotopic (exact) mass is 473 g/mol. The van der Waals surface area contributed by atoms with Crippen molar-refractivity contribution in [1.82, 2.24) is 9.62 Å². The average molecular weight is 474 g/mol. The molecular formula is C24H31N3O5S. The Bertz CT molecular complexity index is 1010. The average Bonchev–Trinajstić information content (AvgIpc) is 2.86. The lowest BCUT2D eigenvalue weighted by atomic mass is 9.97. The van der Waals surface area contributed by atoms with Gasteiger partial charge in [0.15, 0.2) is 0 Å². The summed E-state index contributed by atoms with van der Waals surface area (Å²) in [6, 6.07) is 17.8. The van der Waals surface area contributed by atoms with Crippen LogP contribution in [0.15, 0.2) is 65.6 Å². The summed E-state index contributed by atoms with van der Waals surface area (Å²) in [5.41, 5.74) is 1.16. The molecule has 2 aromatic rings. The van der Waals surface area contributed by atoms with E-state index in [0.29, 0.717) is 25.9 Å². The highest BCUT2D eigenvalue weighted by molar-refractivity contribution is 7.89. The normalized spacial score (nSPS) is 24.0. The molecule has 2 saturated heterocycles. The van der Waals surface area contributed by atoms with Crippen molar-refractivity contribution in [3.8, 4) is 0 Å². The highest BCUT2D eigenvalue weighted by Gasteiger charge is 2.35. The smallest absolute Gasteiger partial charge is 0.240 e. The first-order chi connectivity index (χ1) is 16.0. The van der Waals surface area contributed by atoms with Crippen LogP contribution in [0.1, 0.15) is 19.3 Å². The Morgan fingerprint density at radius 1 is 0.970 bits per heavy atom. The zero-order chi connectivity index (χ0) is 23.3. The van der Waals surface area contributed by atoms with Gasteiger partial charge in [0.25, 0.3) is 0 Å². The van der Waals surface area contributed by atoms with Gasteiger partial charge in [-0.05, 0) is 37.1 Å². The maximum absolute atomic E-state index is 12.9. The molecule has 0 bridgehead atoms. The van der Waals surface area contributed by atoms with Crippen LogP contribution in [0, 0.1) is 0 Å². The van der Waals surface area contributed by atoms with E-state index >= 15 is 0 Å². The zero-order valence-corrected chi connectivity index (χ0v) is 19.4. The Morgan fingerprint density at radius 2 is 1.61 bits per heavy atom. The molecule has 0 spiro atoms. The molecule has 2 aromatic carbocycles. The van der Waals surface area contributed by atoms with Crippen LogP contribution in [0.25, 0.3) is 0 Å². The van der Waals surface area contributed by atoms with Gasteiger partial charge in [0.2, 0.25) is 15.9 Å². The second-order valence-corrected chi connectivity index (χ2v) is 10.2. The summed E-state index contributed by atoms with van der Waals surface area (Å²) in [5.74, 6) is 0.0349.